The quantitative estimate of drug-likeness (QED) is 0.578. The molecule has 32 heavy (non-hydrogen) atoms. The van der Waals surface area contributed by atoms with Crippen LogP contribution in [0.25, 0.3) is 0 Å². The van der Waals surface area contributed by atoms with Gasteiger partial charge in [-0.1, -0.05) is 25.7 Å². The molecule has 0 aromatic heterocycles. The Labute approximate surface area is 191 Å². The molecule has 3 N–H and O–H groups in total. The van der Waals surface area contributed by atoms with E-state index >= 15 is 0 Å². The third-order valence-electron chi connectivity index (χ3n) is 8.61. The minimum Gasteiger partial charge on any atom is -0.481 e. The first-order valence-electron chi connectivity index (χ1n) is 12.7. The third-order valence-corrected chi connectivity index (χ3v) is 8.61. The number of carboxylic acid groups (broad SMARTS) is 1. The first kappa shape index (κ1) is 23.5. The van der Waals surface area contributed by atoms with Crippen molar-refractivity contribution in [2.45, 2.75) is 107 Å². The summed E-state index contributed by atoms with van der Waals surface area (Å²) in [6.07, 6.45) is 14.3. The SMILES string of the molecule is N#C[C@@H]1CCCN1C(=O)CNC12CC3CC(CC(O)(C3)C1)C2.O=C(O)CCC1CCCC1. The van der Waals surface area contributed by atoms with E-state index in [1.165, 1.54) is 32.1 Å². The molecule has 0 aromatic rings. The molecule has 0 radical (unpaired) electrons. The number of nitrogens with zero attached hydrogens (tertiary/aromatic N) is 2. The van der Waals surface area contributed by atoms with E-state index in [0.717, 1.165) is 57.3 Å². The predicted octanol–water partition coefficient (Wildman–Crippen LogP) is 3.22. The molecule has 6 aliphatic rings. The molecule has 5 saturated carbocycles. The van der Waals surface area contributed by atoms with Gasteiger partial charge in [0.1, 0.15) is 6.04 Å². The predicted molar refractivity (Wildman–Crippen MR) is 120 cm³/mol. The molecule has 0 aromatic carbocycles. The Morgan fingerprint density at radius 1 is 1.06 bits per heavy atom. The third kappa shape index (κ3) is 5.46. The van der Waals surface area contributed by atoms with Gasteiger partial charge in [0.15, 0.2) is 0 Å². The number of nitrogens with one attached hydrogen (secondary N) is 1. The molecule has 7 nitrogen and oxygen atoms in total. The van der Waals surface area contributed by atoms with Gasteiger partial charge in [-0.15, -0.1) is 0 Å². The number of likely N-dealkylation sites (tertiary alicyclic amines) is 1. The van der Waals surface area contributed by atoms with Crippen molar-refractivity contribution >= 4 is 11.9 Å². The number of carboxylic acids is 1. The molecule has 7 heteroatoms. The molecule has 4 bridgehead atoms. The monoisotopic (exact) mass is 445 g/mol. The number of aliphatic carboxylic acids is 1. The fraction of sp³-hybridized carbons (Fsp3) is 0.880. The summed E-state index contributed by atoms with van der Waals surface area (Å²) in [4.78, 5) is 24.3. The molecule has 3 atom stereocenters. The number of hydrogen-bond acceptors (Lipinski definition) is 5. The van der Waals surface area contributed by atoms with Gasteiger partial charge >= 0.3 is 5.97 Å². The van der Waals surface area contributed by atoms with Crippen molar-refractivity contribution < 1.29 is 19.8 Å². The zero-order valence-electron chi connectivity index (χ0n) is 19.2. The Balaban J connectivity index is 0.000000207. The number of hydrogen-bond donors (Lipinski definition) is 3. The van der Waals surface area contributed by atoms with Crippen LogP contribution in [0.2, 0.25) is 0 Å². The van der Waals surface area contributed by atoms with Crippen LogP contribution in [0, 0.1) is 29.1 Å². The Morgan fingerprint density at radius 3 is 2.34 bits per heavy atom. The van der Waals surface area contributed by atoms with E-state index in [2.05, 4.69) is 11.4 Å². The topological polar surface area (TPSA) is 114 Å². The average molecular weight is 446 g/mol. The van der Waals surface area contributed by atoms with Crippen LogP contribution in [0.1, 0.15) is 89.9 Å². The highest BCUT2D eigenvalue weighted by Crippen LogP contribution is 2.57. The number of amides is 1. The maximum absolute atomic E-state index is 12.4. The molecule has 1 aliphatic heterocycles. The zero-order chi connectivity index (χ0) is 22.8. The molecule has 0 spiro atoms. The summed E-state index contributed by atoms with van der Waals surface area (Å²) in [6, 6.07) is 1.99. The highest BCUT2D eigenvalue weighted by molar-refractivity contribution is 5.79. The molecule has 1 heterocycles. The number of nitriles is 1. The zero-order valence-corrected chi connectivity index (χ0v) is 19.2. The van der Waals surface area contributed by atoms with Crippen LogP contribution >= 0.6 is 0 Å². The Bertz CT molecular complexity index is 728. The maximum atomic E-state index is 12.4. The molecular weight excluding hydrogens is 406 g/mol. The van der Waals surface area contributed by atoms with Crippen LogP contribution in [0.3, 0.4) is 0 Å². The van der Waals surface area contributed by atoms with Gasteiger partial charge in [-0.05, 0) is 75.5 Å². The lowest BCUT2D eigenvalue weighted by molar-refractivity contribution is -0.147. The normalized spacial score (nSPS) is 37.8. The second-order valence-corrected chi connectivity index (χ2v) is 11.3. The molecule has 2 unspecified atom stereocenters. The largest absolute Gasteiger partial charge is 0.481 e. The van der Waals surface area contributed by atoms with Crippen LogP contribution in [0.4, 0.5) is 0 Å². The van der Waals surface area contributed by atoms with Gasteiger partial charge in [-0.25, -0.2) is 0 Å². The summed E-state index contributed by atoms with van der Waals surface area (Å²) >= 11 is 0. The average Bonchev–Trinajstić information content (AvgIpc) is 3.41. The van der Waals surface area contributed by atoms with E-state index in [1.54, 1.807) is 4.90 Å². The lowest BCUT2D eigenvalue weighted by atomic mass is 9.51. The first-order chi connectivity index (χ1) is 15.3. The van der Waals surface area contributed by atoms with Gasteiger partial charge in [0.25, 0.3) is 0 Å². The van der Waals surface area contributed by atoms with Crippen LogP contribution in [0.15, 0.2) is 0 Å². The molecule has 178 valence electrons. The number of carbonyl (C=O) groups excluding carboxylic acids is 1. The van der Waals surface area contributed by atoms with Crippen molar-refractivity contribution in [1.82, 2.24) is 10.2 Å². The van der Waals surface area contributed by atoms with Crippen LogP contribution in [-0.2, 0) is 9.59 Å². The lowest BCUT2D eigenvalue weighted by Crippen LogP contribution is -2.65. The van der Waals surface area contributed by atoms with Crippen molar-refractivity contribution in [3.8, 4) is 6.07 Å². The van der Waals surface area contributed by atoms with Crippen molar-refractivity contribution in [1.29, 1.82) is 5.26 Å². The lowest BCUT2D eigenvalue weighted by Gasteiger charge is -2.60. The van der Waals surface area contributed by atoms with Gasteiger partial charge in [0, 0.05) is 18.5 Å². The highest BCUT2D eigenvalue weighted by atomic mass is 16.4. The van der Waals surface area contributed by atoms with Crippen LogP contribution in [0.5, 0.6) is 0 Å². The highest BCUT2D eigenvalue weighted by Gasteiger charge is 2.57. The van der Waals surface area contributed by atoms with Crippen molar-refractivity contribution in [2.24, 2.45) is 17.8 Å². The van der Waals surface area contributed by atoms with Crippen molar-refractivity contribution in [3.05, 3.63) is 0 Å². The van der Waals surface area contributed by atoms with Gasteiger partial charge in [-0.3, -0.25) is 9.59 Å². The second kappa shape index (κ2) is 9.69. The van der Waals surface area contributed by atoms with Crippen LogP contribution < -0.4 is 5.32 Å². The Kier molecular flexibility index (Phi) is 7.11. The fourth-order valence-corrected chi connectivity index (χ4v) is 7.61. The minimum absolute atomic E-state index is 0.0453. The van der Waals surface area contributed by atoms with E-state index in [0.29, 0.717) is 31.3 Å². The Morgan fingerprint density at radius 2 is 1.75 bits per heavy atom. The summed E-state index contributed by atoms with van der Waals surface area (Å²) in [5, 5.41) is 31.8. The molecule has 6 rings (SSSR count). The smallest absolute Gasteiger partial charge is 0.303 e. The molecule has 1 amide bonds. The van der Waals surface area contributed by atoms with Crippen molar-refractivity contribution in [3.63, 3.8) is 0 Å². The van der Waals surface area contributed by atoms with Gasteiger partial charge < -0.3 is 20.4 Å². The summed E-state index contributed by atoms with van der Waals surface area (Å²) in [7, 11) is 0. The molecule has 1 saturated heterocycles. The van der Waals surface area contributed by atoms with Gasteiger partial charge in [0.05, 0.1) is 18.2 Å². The second-order valence-electron chi connectivity index (χ2n) is 11.3. The van der Waals surface area contributed by atoms with E-state index in [1.807, 2.05) is 0 Å². The van der Waals surface area contributed by atoms with Gasteiger partial charge in [-0.2, -0.15) is 5.26 Å². The van der Waals surface area contributed by atoms with E-state index in [-0.39, 0.29) is 17.5 Å². The fourth-order valence-electron chi connectivity index (χ4n) is 7.61. The minimum atomic E-state index is -0.646. The van der Waals surface area contributed by atoms with E-state index in [9.17, 15) is 14.7 Å². The number of rotatable bonds is 6. The molecular formula is C25H39N3O4. The maximum Gasteiger partial charge on any atom is 0.303 e. The summed E-state index contributed by atoms with van der Waals surface area (Å²) in [5.74, 6) is 1.36. The van der Waals surface area contributed by atoms with Gasteiger partial charge in [0.2, 0.25) is 5.91 Å². The molecule has 6 fully saturated rings. The standard InChI is InChI=1S/C17H25N3O2.C8H14O2/c18-9-14-2-1-3-20(14)15(21)10-19-16-5-12-4-13(6-16)8-17(22,7-12)11-16;9-8(10)6-5-7-3-1-2-4-7/h12-14,19,22H,1-8,10-11H2;7H,1-6H2,(H,9,10)/t12?,13?,14-,16?,17?;/m0./s1. The first-order valence-corrected chi connectivity index (χ1v) is 12.7. The Hall–Kier alpha value is -1.65. The summed E-state index contributed by atoms with van der Waals surface area (Å²) < 4.78 is 0. The van der Waals surface area contributed by atoms with Crippen LogP contribution in [-0.4, -0.2) is 57.3 Å². The molecule has 5 aliphatic carbocycles. The van der Waals surface area contributed by atoms with E-state index < -0.39 is 11.6 Å². The number of aliphatic hydroxyl groups is 1. The van der Waals surface area contributed by atoms with E-state index in [4.69, 9.17) is 10.4 Å². The van der Waals surface area contributed by atoms with Crippen molar-refractivity contribution in [2.75, 3.05) is 13.1 Å². The number of carbonyl (C=O) groups is 2. The summed E-state index contributed by atoms with van der Waals surface area (Å²) in [5.41, 5.74) is -0.542. The summed E-state index contributed by atoms with van der Waals surface area (Å²) in [6.45, 7) is 1.02.